The van der Waals surface area contributed by atoms with Crippen molar-refractivity contribution >= 4 is 5.91 Å². The van der Waals surface area contributed by atoms with Crippen LogP contribution in [0.1, 0.15) is 35.2 Å². The Kier molecular flexibility index (Phi) is 3.29. The maximum absolute atomic E-state index is 11.8. The average molecular weight is 222 g/mol. The van der Waals surface area contributed by atoms with Crippen LogP contribution in [-0.4, -0.2) is 25.0 Å². The molecule has 2 N–H and O–H groups in total. The van der Waals surface area contributed by atoms with Crippen molar-refractivity contribution < 1.29 is 9.21 Å². The van der Waals surface area contributed by atoms with Crippen molar-refractivity contribution in [1.29, 1.82) is 0 Å². The number of aryl methyl sites for hydroxylation is 2. The van der Waals surface area contributed by atoms with Gasteiger partial charge in [0.1, 0.15) is 5.76 Å². The van der Waals surface area contributed by atoms with Crippen LogP contribution < -0.4 is 10.6 Å². The van der Waals surface area contributed by atoms with Crippen molar-refractivity contribution in [3.63, 3.8) is 0 Å². The predicted octanol–water partition coefficient (Wildman–Crippen LogP) is 1.24. The highest BCUT2D eigenvalue weighted by Crippen LogP contribution is 2.15. The molecular formula is C12H18N2O2. The second-order valence-electron chi connectivity index (χ2n) is 4.23. The Hall–Kier alpha value is -1.29. The van der Waals surface area contributed by atoms with Crippen molar-refractivity contribution in [3.8, 4) is 0 Å². The van der Waals surface area contributed by atoms with Gasteiger partial charge < -0.3 is 15.1 Å². The third-order valence-electron chi connectivity index (χ3n) is 2.96. The monoisotopic (exact) mass is 222 g/mol. The van der Waals surface area contributed by atoms with Gasteiger partial charge in [-0.05, 0) is 31.5 Å². The molecule has 1 aromatic heterocycles. The Labute approximate surface area is 95.4 Å². The van der Waals surface area contributed by atoms with Gasteiger partial charge in [-0.25, -0.2) is 0 Å². The van der Waals surface area contributed by atoms with Gasteiger partial charge in [0.2, 0.25) is 0 Å². The molecule has 2 heterocycles. The molecule has 0 radical (unpaired) electrons. The van der Waals surface area contributed by atoms with E-state index in [1.165, 1.54) is 0 Å². The summed E-state index contributed by atoms with van der Waals surface area (Å²) in [5, 5.41) is 6.18. The Morgan fingerprint density at radius 1 is 1.69 bits per heavy atom. The Bertz CT molecular complexity index is 378. The van der Waals surface area contributed by atoms with Crippen LogP contribution in [0.25, 0.3) is 0 Å². The van der Waals surface area contributed by atoms with Crippen molar-refractivity contribution in [2.24, 2.45) is 0 Å². The first-order chi connectivity index (χ1) is 7.70. The van der Waals surface area contributed by atoms with E-state index in [4.69, 9.17) is 4.42 Å². The maximum atomic E-state index is 11.8. The van der Waals surface area contributed by atoms with E-state index in [9.17, 15) is 4.79 Å². The first-order valence-electron chi connectivity index (χ1n) is 5.81. The molecule has 0 bridgehead atoms. The molecule has 1 amide bonds. The fourth-order valence-corrected chi connectivity index (χ4v) is 2.02. The molecule has 1 aliphatic rings. The quantitative estimate of drug-likeness (QED) is 0.809. The number of carbonyl (C=O) groups is 1. The van der Waals surface area contributed by atoms with E-state index in [0.717, 1.165) is 37.3 Å². The molecule has 1 aromatic rings. The number of amides is 1. The Morgan fingerprint density at radius 3 is 3.06 bits per heavy atom. The molecule has 1 atom stereocenters. The molecule has 0 saturated carbocycles. The summed E-state index contributed by atoms with van der Waals surface area (Å²) in [6.07, 6.45) is 1.82. The lowest BCUT2D eigenvalue weighted by Crippen LogP contribution is -2.35. The van der Waals surface area contributed by atoms with Gasteiger partial charge in [-0.3, -0.25) is 4.79 Å². The zero-order chi connectivity index (χ0) is 11.5. The lowest BCUT2D eigenvalue weighted by molar-refractivity contribution is 0.0910. The van der Waals surface area contributed by atoms with Gasteiger partial charge in [-0.2, -0.15) is 0 Å². The van der Waals surface area contributed by atoms with E-state index in [1.54, 1.807) is 0 Å². The van der Waals surface area contributed by atoms with Gasteiger partial charge in [0.15, 0.2) is 5.76 Å². The first kappa shape index (κ1) is 11.2. The summed E-state index contributed by atoms with van der Waals surface area (Å²) in [4.78, 5) is 11.8. The minimum absolute atomic E-state index is 0.100. The van der Waals surface area contributed by atoms with Gasteiger partial charge in [-0.1, -0.05) is 6.92 Å². The van der Waals surface area contributed by atoms with Crippen LogP contribution in [-0.2, 0) is 6.42 Å². The van der Waals surface area contributed by atoms with Gasteiger partial charge in [-0.15, -0.1) is 0 Å². The molecule has 1 unspecified atom stereocenters. The highest BCUT2D eigenvalue weighted by molar-refractivity contribution is 5.92. The molecular weight excluding hydrogens is 204 g/mol. The molecule has 0 aromatic carbocycles. The average Bonchev–Trinajstić information content (AvgIpc) is 2.87. The van der Waals surface area contributed by atoms with Gasteiger partial charge >= 0.3 is 0 Å². The number of hydrogen-bond donors (Lipinski definition) is 2. The van der Waals surface area contributed by atoms with Crippen molar-refractivity contribution in [2.75, 3.05) is 13.1 Å². The van der Waals surface area contributed by atoms with Crippen molar-refractivity contribution in [1.82, 2.24) is 10.6 Å². The van der Waals surface area contributed by atoms with Gasteiger partial charge in [0, 0.05) is 19.0 Å². The Morgan fingerprint density at radius 2 is 2.50 bits per heavy atom. The SMILES string of the molecule is CCc1oc(C(=O)NC2CCNC2)cc1C. The largest absolute Gasteiger partial charge is 0.456 e. The zero-order valence-corrected chi connectivity index (χ0v) is 9.80. The molecule has 1 fully saturated rings. The lowest BCUT2D eigenvalue weighted by atomic mass is 10.2. The third-order valence-corrected chi connectivity index (χ3v) is 2.96. The fourth-order valence-electron chi connectivity index (χ4n) is 2.02. The standard InChI is InChI=1S/C12H18N2O2/c1-3-10-8(2)6-11(16-10)12(15)14-9-4-5-13-7-9/h6,9,13H,3-5,7H2,1-2H3,(H,14,15). The minimum atomic E-state index is -0.100. The molecule has 0 spiro atoms. The van der Waals surface area contributed by atoms with E-state index >= 15 is 0 Å². The van der Waals surface area contributed by atoms with Crippen LogP contribution in [0, 0.1) is 6.92 Å². The van der Waals surface area contributed by atoms with Crippen LogP contribution in [0.2, 0.25) is 0 Å². The zero-order valence-electron chi connectivity index (χ0n) is 9.80. The van der Waals surface area contributed by atoms with Crippen LogP contribution in [0.3, 0.4) is 0 Å². The van der Waals surface area contributed by atoms with Gasteiger partial charge in [0.05, 0.1) is 0 Å². The number of rotatable bonds is 3. The highest BCUT2D eigenvalue weighted by atomic mass is 16.4. The summed E-state index contributed by atoms with van der Waals surface area (Å²) < 4.78 is 5.50. The fraction of sp³-hybridized carbons (Fsp3) is 0.583. The lowest BCUT2D eigenvalue weighted by Gasteiger charge is -2.09. The molecule has 1 saturated heterocycles. The van der Waals surface area contributed by atoms with E-state index in [2.05, 4.69) is 10.6 Å². The molecule has 4 nitrogen and oxygen atoms in total. The summed E-state index contributed by atoms with van der Waals surface area (Å²) in [6.45, 7) is 5.82. The molecule has 1 aliphatic heterocycles. The van der Waals surface area contributed by atoms with Gasteiger partial charge in [0.25, 0.3) is 5.91 Å². The predicted molar refractivity (Wildman–Crippen MR) is 61.6 cm³/mol. The number of nitrogens with one attached hydrogen (secondary N) is 2. The smallest absolute Gasteiger partial charge is 0.287 e. The minimum Gasteiger partial charge on any atom is -0.456 e. The highest BCUT2D eigenvalue weighted by Gasteiger charge is 2.20. The van der Waals surface area contributed by atoms with E-state index in [-0.39, 0.29) is 11.9 Å². The second-order valence-corrected chi connectivity index (χ2v) is 4.23. The van der Waals surface area contributed by atoms with Crippen LogP contribution in [0.15, 0.2) is 10.5 Å². The molecule has 0 aliphatic carbocycles. The van der Waals surface area contributed by atoms with Crippen LogP contribution >= 0.6 is 0 Å². The molecule has 4 heteroatoms. The van der Waals surface area contributed by atoms with Crippen LogP contribution in [0.4, 0.5) is 0 Å². The topological polar surface area (TPSA) is 54.3 Å². The van der Waals surface area contributed by atoms with Crippen LogP contribution in [0.5, 0.6) is 0 Å². The summed E-state index contributed by atoms with van der Waals surface area (Å²) in [6, 6.07) is 2.05. The number of hydrogen-bond acceptors (Lipinski definition) is 3. The van der Waals surface area contributed by atoms with E-state index in [1.807, 2.05) is 19.9 Å². The molecule has 16 heavy (non-hydrogen) atoms. The molecule has 2 rings (SSSR count). The van der Waals surface area contributed by atoms with Crippen molar-refractivity contribution in [2.45, 2.75) is 32.7 Å². The van der Waals surface area contributed by atoms with E-state index < -0.39 is 0 Å². The second kappa shape index (κ2) is 4.70. The molecule has 88 valence electrons. The Balaban J connectivity index is 2.02. The summed E-state index contributed by atoms with van der Waals surface area (Å²) in [7, 11) is 0. The van der Waals surface area contributed by atoms with Crippen molar-refractivity contribution in [3.05, 3.63) is 23.2 Å². The number of carbonyl (C=O) groups excluding carboxylic acids is 1. The summed E-state index contributed by atoms with van der Waals surface area (Å²) in [5.74, 6) is 1.23. The normalized spacial score (nSPS) is 20.0. The first-order valence-corrected chi connectivity index (χ1v) is 5.81. The summed E-state index contributed by atoms with van der Waals surface area (Å²) in [5.41, 5.74) is 1.05. The third kappa shape index (κ3) is 2.27. The summed E-state index contributed by atoms with van der Waals surface area (Å²) >= 11 is 0. The van der Waals surface area contributed by atoms with E-state index in [0.29, 0.717) is 5.76 Å². The number of furan rings is 1. The maximum Gasteiger partial charge on any atom is 0.287 e.